The molecule has 0 aliphatic rings. The van der Waals surface area contributed by atoms with Crippen molar-refractivity contribution in [2.75, 3.05) is 47.3 Å². The molecule has 1 atom stereocenters. The van der Waals surface area contributed by atoms with E-state index >= 15 is 0 Å². The smallest absolute Gasteiger partial charge is 0.243 e. The van der Waals surface area contributed by atoms with E-state index in [1.54, 1.807) is 0 Å². The Morgan fingerprint density at radius 2 is 1.67 bits per heavy atom. The van der Waals surface area contributed by atoms with Gasteiger partial charge in [-0.05, 0) is 71.8 Å². The summed E-state index contributed by atoms with van der Waals surface area (Å²) in [6.07, 6.45) is 7.48. The predicted octanol–water partition coefficient (Wildman–Crippen LogP) is 2.14. The van der Waals surface area contributed by atoms with Crippen molar-refractivity contribution in [1.82, 2.24) is 25.8 Å². The van der Waals surface area contributed by atoms with Gasteiger partial charge in [0, 0.05) is 18.8 Å². The molecule has 33 heavy (non-hydrogen) atoms. The molecular weight excluding hydrogens is 418 g/mol. The van der Waals surface area contributed by atoms with Gasteiger partial charge in [0.15, 0.2) is 0 Å². The van der Waals surface area contributed by atoms with Crippen molar-refractivity contribution in [2.24, 2.45) is 11.8 Å². The van der Waals surface area contributed by atoms with Crippen LogP contribution in [0.3, 0.4) is 0 Å². The molecule has 0 radical (unpaired) electrons. The average Bonchev–Trinajstić information content (AvgIpc) is 2.71. The van der Waals surface area contributed by atoms with Gasteiger partial charge >= 0.3 is 0 Å². The van der Waals surface area contributed by atoms with Gasteiger partial charge in [-0.2, -0.15) is 0 Å². The number of allylic oxidation sites excluding steroid dienone is 3. The summed E-state index contributed by atoms with van der Waals surface area (Å²) < 4.78 is 0. The molecule has 0 bridgehead atoms. The van der Waals surface area contributed by atoms with Crippen molar-refractivity contribution in [2.45, 2.75) is 59.9 Å². The second-order valence-corrected chi connectivity index (χ2v) is 9.72. The number of nitrogens with one attached hydrogen (secondary N) is 3. The van der Waals surface area contributed by atoms with Gasteiger partial charge in [-0.3, -0.25) is 19.3 Å². The number of carbonyl (C=O) groups excluding carboxylic acids is 3. The summed E-state index contributed by atoms with van der Waals surface area (Å²) in [7, 11) is 6.14. The van der Waals surface area contributed by atoms with E-state index < -0.39 is 0 Å². The molecule has 1 unspecified atom stereocenters. The van der Waals surface area contributed by atoms with E-state index in [2.05, 4.69) is 67.5 Å². The fraction of sp³-hybridized carbons (Fsp3) is 0.720. The van der Waals surface area contributed by atoms with Gasteiger partial charge in [-0.15, -0.1) is 0 Å². The lowest BCUT2D eigenvalue weighted by molar-refractivity contribution is -0.127. The van der Waals surface area contributed by atoms with E-state index in [9.17, 15) is 14.4 Å². The van der Waals surface area contributed by atoms with E-state index in [-0.39, 0.29) is 30.3 Å². The summed E-state index contributed by atoms with van der Waals surface area (Å²) in [4.78, 5) is 39.3. The first-order valence-corrected chi connectivity index (χ1v) is 11.9. The van der Waals surface area contributed by atoms with E-state index in [1.165, 1.54) is 5.57 Å². The van der Waals surface area contributed by atoms with E-state index in [1.807, 2.05) is 26.1 Å². The quantitative estimate of drug-likeness (QED) is 0.174. The third kappa shape index (κ3) is 15.3. The third-order valence-corrected chi connectivity index (χ3v) is 5.12. The molecule has 0 saturated carbocycles. The fourth-order valence-corrected chi connectivity index (χ4v) is 3.52. The third-order valence-electron chi connectivity index (χ3n) is 5.12. The first-order valence-electron chi connectivity index (χ1n) is 11.9. The van der Waals surface area contributed by atoms with Crippen LogP contribution in [0.4, 0.5) is 0 Å². The molecule has 0 saturated heterocycles. The average molecular weight is 466 g/mol. The van der Waals surface area contributed by atoms with Crippen molar-refractivity contribution >= 4 is 18.2 Å². The number of carbonyl (C=O) groups is 3. The molecule has 0 aromatic rings. The van der Waals surface area contributed by atoms with E-state index in [0.29, 0.717) is 31.1 Å². The van der Waals surface area contributed by atoms with Crippen LogP contribution < -0.4 is 16.0 Å². The van der Waals surface area contributed by atoms with Gasteiger partial charge < -0.3 is 20.9 Å². The topological polar surface area (TPSA) is 93.8 Å². The molecule has 0 fully saturated rings. The standard InChI is InChI=1S/C25H47N5O3/c1-19(2)15-27-25(33)24(20(3)4)30(8)17-22(11-9-10-14-29(6)7)13-12-21(5)28-23(32)16-26-18-31/h12-13,18-20,24H,9-11,14-17H2,1-8H3,(H,26,31)(H,27,33)(H,28,32)/b21-12+,22-13+. The Kier molecular flexibility index (Phi) is 16.2. The Hall–Kier alpha value is -2.19. The van der Waals surface area contributed by atoms with Gasteiger partial charge in [0.1, 0.15) is 0 Å². The Labute approximate surface area is 201 Å². The highest BCUT2D eigenvalue weighted by Crippen LogP contribution is 2.16. The molecule has 0 heterocycles. The zero-order valence-corrected chi connectivity index (χ0v) is 22.0. The number of rotatable bonds is 17. The normalized spacial score (nSPS) is 13.6. The number of unbranched alkanes of at least 4 members (excludes halogenated alkanes) is 1. The van der Waals surface area contributed by atoms with Gasteiger partial charge in [0.05, 0.1) is 12.6 Å². The molecule has 8 heteroatoms. The number of likely N-dealkylation sites (N-methyl/N-ethyl adjacent to an activating group) is 1. The summed E-state index contributed by atoms with van der Waals surface area (Å²) in [6.45, 7) is 12.5. The monoisotopic (exact) mass is 465 g/mol. The number of nitrogens with zero attached hydrogens (tertiary/aromatic N) is 2. The maximum absolute atomic E-state index is 12.9. The molecule has 0 aromatic heterocycles. The molecule has 0 rings (SSSR count). The second kappa shape index (κ2) is 17.3. The number of hydrogen-bond donors (Lipinski definition) is 3. The molecule has 3 N–H and O–H groups in total. The van der Waals surface area contributed by atoms with Crippen LogP contribution in [0.5, 0.6) is 0 Å². The summed E-state index contributed by atoms with van der Waals surface area (Å²) in [5.74, 6) is 0.383. The minimum absolute atomic E-state index is 0.0555. The van der Waals surface area contributed by atoms with Crippen molar-refractivity contribution < 1.29 is 14.4 Å². The lowest BCUT2D eigenvalue weighted by Crippen LogP contribution is -2.49. The molecule has 190 valence electrons. The molecule has 0 spiro atoms. The lowest BCUT2D eigenvalue weighted by atomic mass is 9.99. The second-order valence-electron chi connectivity index (χ2n) is 9.72. The van der Waals surface area contributed by atoms with Crippen LogP contribution in [0.2, 0.25) is 0 Å². The van der Waals surface area contributed by atoms with Gasteiger partial charge in [-0.1, -0.05) is 39.3 Å². The first kappa shape index (κ1) is 30.8. The maximum Gasteiger partial charge on any atom is 0.243 e. The van der Waals surface area contributed by atoms with Gasteiger partial charge in [-0.25, -0.2) is 0 Å². The van der Waals surface area contributed by atoms with Crippen LogP contribution in [0.1, 0.15) is 53.9 Å². The number of amides is 3. The van der Waals surface area contributed by atoms with Crippen molar-refractivity contribution in [3.63, 3.8) is 0 Å². The fourth-order valence-electron chi connectivity index (χ4n) is 3.52. The summed E-state index contributed by atoms with van der Waals surface area (Å²) >= 11 is 0. The molecule has 3 amide bonds. The highest BCUT2D eigenvalue weighted by atomic mass is 16.2. The largest absolute Gasteiger partial charge is 0.354 e. The Morgan fingerprint density at radius 1 is 1.00 bits per heavy atom. The van der Waals surface area contributed by atoms with Gasteiger partial charge in [0.25, 0.3) is 0 Å². The maximum atomic E-state index is 12.9. The van der Waals surface area contributed by atoms with E-state index in [4.69, 9.17) is 0 Å². The highest BCUT2D eigenvalue weighted by Gasteiger charge is 2.26. The van der Waals surface area contributed by atoms with E-state index in [0.717, 1.165) is 25.8 Å². The molecule has 0 aromatic carbocycles. The van der Waals surface area contributed by atoms with Crippen LogP contribution in [-0.4, -0.2) is 81.4 Å². The zero-order valence-electron chi connectivity index (χ0n) is 22.0. The molecular formula is C25H47N5O3. The zero-order chi connectivity index (χ0) is 25.4. The molecule has 0 aliphatic carbocycles. The highest BCUT2D eigenvalue weighted by molar-refractivity contribution is 5.82. The van der Waals surface area contributed by atoms with Crippen LogP contribution in [0.15, 0.2) is 23.4 Å². The van der Waals surface area contributed by atoms with Gasteiger partial charge in [0.2, 0.25) is 18.2 Å². The Balaban J connectivity index is 5.36. The minimum atomic E-state index is -0.268. The molecule has 8 nitrogen and oxygen atoms in total. The molecule has 0 aliphatic heterocycles. The summed E-state index contributed by atoms with van der Waals surface area (Å²) in [5.41, 5.74) is 1.91. The van der Waals surface area contributed by atoms with Crippen LogP contribution >= 0.6 is 0 Å². The van der Waals surface area contributed by atoms with Crippen molar-refractivity contribution in [3.8, 4) is 0 Å². The SMILES string of the molecule is C/C(=C\C=C(/CCCCN(C)C)CN(C)C(C(=O)NCC(C)C)C(C)C)NC(=O)CNC=O. The Morgan fingerprint density at radius 3 is 2.21 bits per heavy atom. The Bertz CT molecular complexity index is 656. The number of hydrogen-bond acceptors (Lipinski definition) is 5. The van der Waals surface area contributed by atoms with Crippen LogP contribution in [0, 0.1) is 11.8 Å². The van der Waals surface area contributed by atoms with Crippen LogP contribution in [-0.2, 0) is 14.4 Å². The summed E-state index contributed by atoms with van der Waals surface area (Å²) in [5, 5.41) is 8.19. The van der Waals surface area contributed by atoms with Crippen molar-refractivity contribution in [1.29, 1.82) is 0 Å². The van der Waals surface area contributed by atoms with Crippen LogP contribution in [0.25, 0.3) is 0 Å². The minimum Gasteiger partial charge on any atom is -0.354 e. The predicted molar refractivity (Wildman–Crippen MR) is 136 cm³/mol. The first-order chi connectivity index (χ1) is 15.5. The summed E-state index contributed by atoms with van der Waals surface area (Å²) in [6, 6.07) is -0.215. The lowest BCUT2D eigenvalue weighted by Gasteiger charge is -2.31. The van der Waals surface area contributed by atoms with Crippen molar-refractivity contribution in [3.05, 3.63) is 23.4 Å².